The molecular formula is C25H24N4O8. The monoisotopic (exact) mass is 508 g/mol. The molecule has 1 amide bonds. The highest BCUT2D eigenvalue weighted by molar-refractivity contribution is 6.27. The van der Waals surface area contributed by atoms with Crippen molar-refractivity contribution in [3.63, 3.8) is 0 Å². The average Bonchev–Trinajstić information content (AvgIpc) is 3.35. The Morgan fingerprint density at radius 2 is 1.84 bits per heavy atom. The van der Waals surface area contributed by atoms with E-state index in [9.17, 15) is 10.1 Å². The molecule has 37 heavy (non-hydrogen) atoms. The number of rotatable bonds is 6. The Balaban J connectivity index is 0.000000568. The second-order valence-corrected chi connectivity index (χ2v) is 7.57. The first-order valence-electron chi connectivity index (χ1n) is 11.0. The minimum Gasteiger partial charge on any atom is -0.493 e. The van der Waals surface area contributed by atoms with Gasteiger partial charge in [0.2, 0.25) is 0 Å². The maximum Gasteiger partial charge on any atom is 0.414 e. The molecule has 0 unspecified atom stereocenters. The zero-order valence-electron chi connectivity index (χ0n) is 19.8. The van der Waals surface area contributed by atoms with Crippen LogP contribution in [0.15, 0.2) is 42.5 Å². The van der Waals surface area contributed by atoms with Crippen molar-refractivity contribution < 1.29 is 38.8 Å². The Kier molecular flexibility index (Phi) is 9.17. The highest BCUT2D eigenvalue weighted by Gasteiger charge is 2.18. The number of para-hydroxylation sites is 2. The second kappa shape index (κ2) is 12.7. The number of aromatic nitrogens is 2. The molecule has 0 bridgehead atoms. The lowest BCUT2D eigenvalue weighted by molar-refractivity contribution is -0.159. The van der Waals surface area contributed by atoms with Crippen molar-refractivity contribution in [2.75, 3.05) is 40.0 Å². The van der Waals surface area contributed by atoms with E-state index in [0.717, 1.165) is 16.6 Å². The average molecular weight is 508 g/mol. The minimum atomic E-state index is -1.82. The quantitative estimate of drug-likeness (QED) is 0.330. The third-order valence-corrected chi connectivity index (χ3v) is 5.16. The fourth-order valence-corrected chi connectivity index (χ4v) is 3.34. The summed E-state index contributed by atoms with van der Waals surface area (Å²) in [4.78, 5) is 39.9. The molecule has 2 aromatic carbocycles. The van der Waals surface area contributed by atoms with Gasteiger partial charge in [-0.15, -0.1) is 0 Å². The van der Waals surface area contributed by atoms with Crippen LogP contribution in [0.4, 0.5) is 0 Å². The number of nitrogens with one attached hydrogen (secondary N) is 1. The number of benzene rings is 2. The summed E-state index contributed by atoms with van der Waals surface area (Å²) in [5, 5.41) is 24.4. The summed E-state index contributed by atoms with van der Waals surface area (Å²) in [7, 11) is 1.53. The Morgan fingerprint density at radius 3 is 2.46 bits per heavy atom. The van der Waals surface area contributed by atoms with Crippen LogP contribution in [0.5, 0.6) is 11.5 Å². The number of aromatic amines is 1. The lowest BCUT2D eigenvalue weighted by atomic mass is 10.1. The fraction of sp³-hybridized carbons (Fsp3) is 0.240. The lowest BCUT2D eigenvalue weighted by Gasteiger charge is -2.26. The van der Waals surface area contributed by atoms with Crippen molar-refractivity contribution in [2.45, 2.75) is 0 Å². The van der Waals surface area contributed by atoms with Gasteiger partial charge in [-0.25, -0.2) is 14.6 Å². The van der Waals surface area contributed by atoms with E-state index in [1.165, 1.54) is 7.11 Å². The molecule has 192 valence electrons. The first-order chi connectivity index (χ1) is 17.8. The number of nitrogens with zero attached hydrogens (tertiary/aromatic N) is 3. The Labute approximate surface area is 211 Å². The van der Waals surface area contributed by atoms with Gasteiger partial charge in [-0.05, 0) is 35.9 Å². The van der Waals surface area contributed by atoms with E-state index >= 15 is 0 Å². The number of hydrogen-bond acceptors (Lipinski definition) is 8. The van der Waals surface area contributed by atoms with E-state index in [0.29, 0.717) is 49.2 Å². The largest absolute Gasteiger partial charge is 0.493 e. The predicted octanol–water partition coefficient (Wildman–Crippen LogP) is 2.03. The summed E-state index contributed by atoms with van der Waals surface area (Å²) in [6, 6.07) is 15.1. The molecule has 0 saturated carbocycles. The van der Waals surface area contributed by atoms with Gasteiger partial charge in [-0.1, -0.05) is 18.2 Å². The van der Waals surface area contributed by atoms with Gasteiger partial charge in [0.15, 0.2) is 18.1 Å². The number of amides is 1. The highest BCUT2D eigenvalue weighted by Crippen LogP contribution is 2.30. The topological polar surface area (TPSA) is 175 Å². The Hall–Kier alpha value is -4.89. The zero-order chi connectivity index (χ0) is 26.8. The fourth-order valence-electron chi connectivity index (χ4n) is 3.34. The number of aliphatic carboxylic acids is 2. The van der Waals surface area contributed by atoms with Gasteiger partial charge in [0.1, 0.15) is 11.9 Å². The third kappa shape index (κ3) is 7.30. The third-order valence-electron chi connectivity index (χ3n) is 5.16. The summed E-state index contributed by atoms with van der Waals surface area (Å²) in [5.41, 5.74) is 2.81. The molecule has 4 rings (SSSR count). The lowest BCUT2D eigenvalue weighted by Crippen LogP contribution is -2.43. The molecule has 3 aromatic rings. The van der Waals surface area contributed by atoms with Gasteiger partial charge < -0.3 is 34.3 Å². The number of carboxylic acids is 2. The van der Waals surface area contributed by atoms with E-state index < -0.39 is 11.9 Å². The number of carbonyl (C=O) groups is 3. The molecule has 1 aliphatic heterocycles. The maximum absolute atomic E-state index is 12.3. The normalized spacial score (nSPS) is 13.2. The second-order valence-electron chi connectivity index (χ2n) is 7.57. The maximum atomic E-state index is 12.3. The van der Waals surface area contributed by atoms with Gasteiger partial charge in [0.05, 0.1) is 36.9 Å². The van der Waals surface area contributed by atoms with Crippen molar-refractivity contribution >= 4 is 40.5 Å². The first kappa shape index (κ1) is 26.7. The molecule has 0 aliphatic carbocycles. The van der Waals surface area contributed by atoms with E-state index in [4.69, 9.17) is 34.0 Å². The number of carboxylic acid groups (broad SMARTS) is 2. The number of hydrogen-bond donors (Lipinski definition) is 3. The molecular weight excluding hydrogens is 484 g/mol. The SMILES string of the molecule is COc1cc(/C=C(/C#N)c2nc3ccccc3[nH]2)ccc1OCC(=O)N1CCOCC1.O=C(O)C(=O)O. The number of ether oxygens (including phenoxy) is 3. The summed E-state index contributed by atoms with van der Waals surface area (Å²) in [5.74, 6) is -2.30. The molecule has 2 heterocycles. The Morgan fingerprint density at radius 1 is 1.14 bits per heavy atom. The smallest absolute Gasteiger partial charge is 0.414 e. The summed E-state index contributed by atoms with van der Waals surface area (Å²) < 4.78 is 16.4. The predicted molar refractivity (Wildman–Crippen MR) is 131 cm³/mol. The zero-order valence-corrected chi connectivity index (χ0v) is 19.8. The molecule has 12 heteroatoms. The van der Waals surface area contributed by atoms with Gasteiger partial charge in [-0.3, -0.25) is 4.79 Å². The highest BCUT2D eigenvalue weighted by atomic mass is 16.5. The summed E-state index contributed by atoms with van der Waals surface area (Å²) >= 11 is 0. The van der Waals surface area contributed by atoms with Crippen LogP contribution in [0.1, 0.15) is 11.4 Å². The number of fused-ring (bicyclic) bond motifs is 1. The van der Waals surface area contributed by atoms with Crippen LogP contribution >= 0.6 is 0 Å². The van der Waals surface area contributed by atoms with Crippen LogP contribution in [0, 0.1) is 11.3 Å². The molecule has 0 radical (unpaired) electrons. The number of carbonyl (C=O) groups excluding carboxylic acids is 1. The van der Waals surface area contributed by atoms with Gasteiger partial charge >= 0.3 is 11.9 Å². The van der Waals surface area contributed by atoms with Crippen molar-refractivity contribution in [3.8, 4) is 17.6 Å². The minimum absolute atomic E-state index is 0.0754. The van der Waals surface area contributed by atoms with E-state index in [1.54, 1.807) is 29.2 Å². The Bertz CT molecular complexity index is 1310. The standard InChI is InChI=1S/C23H22N4O4.C2H2O4/c1-29-21-13-16(6-7-20(21)31-15-22(28)27-8-10-30-11-9-27)12-17(14-24)23-25-18-4-2-3-5-19(18)26-23;3-1(4)2(5)6/h2-7,12-13H,8-11,15H2,1H3,(H,25,26);(H,3,4)(H,5,6)/b17-12-;. The van der Waals surface area contributed by atoms with Crippen molar-refractivity contribution in [1.29, 1.82) is 5.26 Å². The van der Waals surface area contributed by atoms with Crippen molar-refractivity contribution in [2.24, 2.45) is 0 Å². The van der Waals surface area contributed by atoms with Crippen molar-refractivity contribution in [3.05, 3.63) is 53.9 Å². The number of imidazole rings is 1. The van der Waals surface area contributed by atoms with Gasteiger partial charge in [0.25, 0.3) is 5.91 Å². The van der Waals surface area contributed by atoms with E-state index in [-0.39, 0.29) is 12.5 Å². The summed E-state index contributed by atoms with van der Waals surface area (Å²) in [6.07, 6.45) is 1.73. The first-order valence-corrected chi connectivity index (χ1v) is 11.0. The van der Waals surface area contributed by atoms with Crippen LogP contribution in [0.25, 0.3) is 22.7 Å². The number of morpholine rings is 1. The van der Waals surface area contributed by atoms with Crippen LogP contribution in [-0.4, -0.2) is 82.9 Å². The number of allylic oxidation sites excluding steroid dienone is 1. The van der Waals surface area contributed by atoms with E-state index in [2.05, 4.69) is 16.0 Å². The van der Waals surface area contributed by atoms with Gasteiger partial charge in [0, 0.05) is 13.1 Å². The van der Waals surface area contributed by atoms with E-state index in [1.807, 2.05) is 24.3 Å². The van der Waals surface area contributed by atoms with Crippen molar-refractivity contribution in [1.82, 2.24) is 14.9 Å². The van der Waals surface area contributed by atoms with Crippen LogP contribution in [0.2, 0.25) is 0 Å². The molecule has 1 saturated heterocycles. The van der Waals surface area contributed by atoms with Crippen LogP contribution in [0.3, 0.4) is 0 Å². The molecule has 12 nitrogen and oxygen atoms in total. The molecule has 3 N–H and O–H groups in total. The molecule has 1 aromatic heterocycles. The number of H-pyrrole nitrogens is 1. The van der Waals surface area contributed by atoms with Crippen LogP contribution in [-0.2, 0) is 19.1 Å². The summed E-state index contributed by atoms with van der Waals surface area (Å²) in [6.45, 7) is 2.16. The van der Waals surface area contributed by atoms with Crippen LogP contribution < -0.4 is 9.47 Å². The number of methoxy groups -OCH3 is 1. The molecule has 0 atom stereocenters. The molecule has 0 spiro atoms. The van der Waals surface area contributed by atoms with Gasteiger partial charge in [-0.2, -0.15) is 5.26 Å². The molecule has 1 aliphatic rings. The number of nitriles is 1. The molecule has 1 fully saturated rings.